The van der Waals surface area contributed by atoms with E-state index in [1.165, 1.54) is 0 Å². The van der Waals surface area contributed by atoms with Gasteiger partial charge in [0.15, 0.2) is 5.54 Å². The molecule has 3 aliphatic heterocycles. The third kappa shape index (κ3) is 4.19. The monoisotopic (exact) mass is 487 g/mol. The van der Waals surface area contributed by atoms with E-state index in [1.807, 2.05) is 60.4 Å². The van der Waals surface area contributed by atoms with Crippen molar-refractivity contribution in [3.8, 4) is 0 Å². The maximum absolute atomic E-state index is 13.5. The molecular formula is C29H37N5O2. The average Bonchev–Trinajstić information content (AvgIpc) is 3.36. The first-order chi connectivity index (χ1) is 17.3. The molecule has 2 fully saturated rings. The van der Waals surface area contributed by atoms with Crippen LogP contribution in [0.25, 0.3) is 0 Å². The molecule has 1 spiro atoms. The van der Waals surface area contributed by atoms with E-state index in [0.717, 1.165) is 56.0 Å². The van der Waals surface area contributed by atoms with E-state index in [0.29, 0.717) is 13.2 Å². The van der Waals surface area contributed by atoms with Crippen LogP contribution in [0.4, 0.5) is 5.69 Å². The van der Waals surface area contributed by atoms with Gasteiger partial charge >= 0.3 is 0 Å². The van der Waals surface area contributed by atoms with Gasteiger partial charge in [0.2, 0.25) is 5.91 Å². The Morgan fingerprint density at radius 1 is 0.944 bits per heavy atom. The Bertz CT molecular complexity index is 1120. The molecule has 2 aromatic carbocycles. The largest absolute Gasteiger partial charge is 0.339 e. The van der Waals surface area contributed by atoms with Gasteiger partial charge in [-0.2, -0.15) is 0 Å². The zero-order valence-corrected chi connectivity index (χ0v) is 21.6. The summed E-state index contributed by atoms with van der Waals surface area (Å²) in [6.07, 6.45) is 2.49. The fourth-order valence-electron chi connectivity index (χ4n) is 5.94. The molecule has 3 aliphatic rings. The molecule has 0 radical (unpaired) electrons. The standard InChI is InChI=1S/C29H37N5O2/c1-22(2)25-31-28(3,23-11-6-4-7-12-23)27(36)33(25)18-10-17-32-19-15-29(16-20-32)26(35)30-21-34(29)24-13-8-5-9-14-24/h4-9,11-14,22H,10,15-21H2,1-3H3,(H,30,35). The van der Waals surface area contributed by atoms with E-state index in [2.05, 4.69) is 41.1 Å². The SMILES string of the molecule is CC(C)C1=NC(C)(c2ccccc2)C(=O)N1CCCN1CCC2(CC1)C(=O)NCN2c1ccccc1. The first kappa shape index (κ1) is 24.5. The van der Waals surface area contributed by atoms with Crippen LogP contribution in [-0.2, 0) is 15.1 Å². The molecule has 5 rings (SSSR count). The van der Waals surface area contributed by atoms with Crippen LogP contribution in [0.5, 0.6) is 0 Å². The van der Waals surface area contributed by atoms with Gasteiger partial charge in [0.05, 0.1) is 6.67 Å². The summed E-state index contributed by atoms with van der Waals surface area (Å²) < 4.78 is 0. The van der Waals surface area contributed by atoms with Crippen LogP contribution in [0.15, 0.2) is 65.7 Å². The molecule has 0 aliphatic carbocycles. The molecule has 190 valence electrons. The van der Waals surface area contributed by atoms with Crippen LogP contribution in [0, 0.1) is 5.92 Å². The van der Waals surface area contributed by atoms with Gasteiger partial charge in [-0.15, -0.1) is 0 Å². The van der Waals surface area contributed by atoms with Crippen molar-refractivity contribution in [3.05, 3.63) is 66.2 Å². The van der Waals surface area contributed by atoms with Crippen molar-refractivity contribution < 1.29 is 9.59 Å². The van der Waals surface area contributed by atoms with Crippen LogP contribution >= 0.6 is 0 Å². The number of likely N-dealkylation sites (tertiary alicyclic amines) is 1. The zero-order chi connectivity index (χ0) is 25.3. The van der Waals surface area contributed by atoms with E-state index in [9.17, 15) is 9.59 Å². The summed E-state index contributed by atoms with van der Waals surface area (Å²) in [7, 11) is 0. The van der Waals surface area contributed by atoms with Crippen molar-refractivity contribution in [2.24, 2.45) is 10.9 Å². The van der Waals surface area contributed by atoms with Crippen LogP contribution in [-0.4, -0.2) is 65.8 Å². The third-order valence-electron chi connectivity index (χ3n) is 8.07. The van der Waals surface area contributed by atoms with E-state index in [4.69, 9.17) is 4.99 Å². The molecule has 36 heavy (non-hydrogen) atoms. The third-order valence-corrected chi connectivity index (χ3v) is 8.07. The van der Waals surface area contributed by atoms with Gasteiger partial charge in [-0.1, -0.05) is 62.4 Å². The van der Waals surface area contributed by atoms with Crippen molar-refractivity contribution in [1.82, 2.24) is 15.1 Å². The number of nitrogens with zero attached hydrogens (tertiary/aromatic N) is 4. The zero-order valence-electron chi connectivity index (χ0n) is 21.6. The molecule has 7 nitrogen and oxygen atoms in total. The average molecular weight is 488 g/mol. The minimum absolute atomic E-state index is 0.0659. The number of benzene rings is 2. The van der Waals surface area contributed by atoms with Crippen LogP contribution in [0.3, 0.4) is 0 Å². The molecule has 7 heteroatoms. The summed E-state index contributed by atoms with van der Waals surface area (Å²) in [5.41, 5.74) is 0.723. The Labute approximate surface area is 214 Å². The second-order valence-corrected chi connectivity index (χ2v) is 10.7. The summed E-state index contributed by atoms with van der Waals surface area (Å²) in [5, 5.41) is 3.08. The van der Waals surface area contributed by atoms with Crippen molar-refractivity contribution in [3.63, 3.8) is 0 Å². The molecular weight excluding hydrogens is 450 g/mol. The van der Waals surface area contributed by atoms with Crippen LogP contribution in [0.1, 0.15) is 45.6 Å². The van der Waals surface area contributed by atoms with E-state index in [-0.39, 0.29) is 17.7 Å². The topological polar surface area (TPSA) is 68.2 Å². The van der Waals surface area contributed by atoms with Crippen molar-refractivity contribution in [2.75, 3.05) is 37.7 Å². The van der Waals surface area contributed by atoms with Crippen molar-refractivity contribution in [2.45, 2.75) is 51.1 Å². The quantitative estimate of drug-likeness (QED) is 0.648. The molecule has 2 amide bonds. The number of amides is 2. The number of anilines is 1. The Kier molecular flexibility index (Phi) is 6.60. The lowest BCUT2D eigenvalue weighted by atomic mass is 9.85. The second kappa shape index (κ2) is 9.69. The summed E-state index contributed by atoms with van der Waals surface area (Å²) in [6, 6.07) is 20.1. The maximum atomic E-state index is 13.5. The number of para-hydroxylation sites is 1. The van der Waals surface area contributed by atoms with E-state index >= 15 is 0 Å². The second-order valence-electron chi connectivity index (χ2n) is 10.7. The Balaban J connectivity index is 1.20. The van der Waals surface area contributed by atoms with Gasteiger partial charge < -0.3 is 15.1 Å². The number of piperidine rings is 1. The van der Waals surface area contributed by atoms with Gasteiger partial charge in [0.25, 0.3) is 5.91 Å². The van der Waals surface area contributed by atoms with E-state index < -0.39 is 11.1 Å². The lowest BCUT2D eigenvalue weighted by molar-refractivity contribution is -0.131. The molecule has 3 heterocycles. The highest BCUT2D eigenvalue weighted by Crippen LogP contribution is 2.37. The van der Waals surface area contributed by atoms with Crippen LogP contribution in [0.2, 0.25) is 0 Å². The van der Waals surface area contributed by atoms with Crippen molar-refractivity contribution in [1.29, 1.82) is 0 Å². The molecule has 1 N–H and O–H groups in total. The predicted octanol–water partition coefficient (Wildman–Crippen LogP) is 3.62. The fraction of sp³-hybridized carbons (Fsp3) is 0.483. The molecule has 1 unspecified atom stereocenters. The highest BCUT2D eigenvalue weighted by atomic mass is 16.2. The summed E-state index contributed by atoms with van der Waals surface area (Å²) in [5.74, 6) is 1.27. The molecule has 0 saturated carbocycles. The molecule has 0 aromatic heterocycles. The van der Waals surface area contributed by atoms with Gasteiger partial charge in [-0.05, 0) is 50.4 Å². The van der Waals surface area contributed by atoms with Gasteiger partial charge in [-0.3, -0.25) is 19.5 Å². The predicted molar refractivity (Wildman–Crippen MR) is 143 cm³/mol. The van der Waals surface area contributed by atoms with E-state index in [1.54, 1.807) is 0 Å². The minimum atomic E-state index is -0.852. The van der Waals surface area contributed by atoms with Crippen LogP contribution < -0.4 is 10.2 Å². The Hall–Kier alpha value is -3.19. The molecule has 1 atom stereocenters. The smallest absolute Gasteiger partial charge is 0.260 e. The fourth-order valence-corrected chi connectivity index (χ4v) is 5.94. The molecule has 2 aromatic rings. The molecule has 2 saturated heterocycles. The number of rotatable bonds is 7. The normalized spacial score (nSPS) is 24.1. The number of nitrogens with one attached hydrogen (secondary N) is 1. The summed E-state index contributed by atoms with van der Waals surface area (Å²) >= 11 is 0. The van der Waals surface area contributed by atoms with Gasteiger partial charge in [0.1, 0.15) is 11.4 Å². The van der Waals surface area contributed by atoms with Crippen molar-refractivity contribution >= 4 is 23.3 Å². The summed E-state index contributed by atoms with van der Waals surface area (Å²) in [6.45, 7) is 10.0. The Morgan fingerprint density at radius 2 is 1.58 bits per heavy atom. The lowest BCUT2D eigenvalue weighted by Gasteiger charge is -2.43. The summed E-state index contributed by atoms with van der Waals surface area (Å²) in [4.78, 5) is 38.0. The number of carbonyl (C=O) groups excluding carboxylic acids is 2. The first-order valence-corrected chi connectivity index (χ1v) is 13.2. The number of hydrogen-bond donors (Lipinski definition) is 1. The number of amidine groups is 1. The lowest BCUT2D eigenvalue weighted by Crippen LogP contribution is -2.56. The number of hydrogen-bond acceptors (Lipinski definition) is 5. The number of aliphatic imine (C=N–C) groups is 1. The Morgan fingerprint density at radius 3 is 2.22 bits per heavy atom. The maximum Gasteiger partial charge on any atom is 0.260 e. The minimum Gasteiger partial charge on any atom is -0.339 e. The van der Waals surface area contributed by atoms with Gasteiger partial charge in [-0.25, -0.2) is 0 Å². The van der Waals surface area contributed by atoms with Gasteiger partial charge in [0, 0.05) is 31.2 Å². The number of carbonyl (C=O) groups is 2. The highest BCUT2D eigenvalue weighted by molar-refractivity contribution is 6.09. The highest BCUT2D eigenvalue weighted by Gasteiger charge is 2.50. The first-order valence-electron chi connectivity index (χ1n) is 13.2. The molecule has 0 bridgehead atoms.